The first-order chi connectivity index (χ1) is 11.6. The van der Waals surface area contributed by atoms with Crippen LogP contribution in [0, 0.1) is 0 Å². The molecule has 0 unspecified atom stereocenters. The lowest BCUT2D eigenvalue weighted by Crippen LogP contribution is -2.35. The van der Waals surface area contributed by atoms with Gasteiger partial charge in [0.1, 0.15) is 0 Å². The highest BCUT2D eigenvalue weighted by Crippen LogP contribution is 2.48. The summed E-state index contributed by atoms with van der Waals surface area (Å²) in [6.45, 7) is 0.556. The van der Waals surface area contributed by atoms with Gasteiger partial charge in [0.2, 0.25) is 5.91 Å². The highest BCUT2D eigenvalue weighted by Gasteiger charge is 2.51. The summed E-state index contributed by atoms with van der Waals surface area (Å²) in [5.74, 6) is 0.105. The van der Waals surface area contributed by atoms with Crippen LogP contribution in [0.5, 0.6) is 0 Å². The van der Waals surface area contributed by atoms with Crippen molar-refractivity contribution in [3.63, 3.8) is 0 Å². The van der Waals surface area contributed by atoms with E-state index in [1.54, 1.807) is 6.20 Å². The van der Waals surface area contributed by atoms with E-state index in [0.717, 1.165) is 41.4 Å². The number of nitrogens with one attached hydrogen (secondary N) is 1. The first-order valence-corrected chi connectivity index (χ1v) is 9.32. The maximum absolute atomic E-state index is 12.8. The first-order valence-electron chi connectivity index (χ1n) is 8.53. The van der Waals surface area contributed by atoms with Gasteiger partial charge in [-0.15, -0.1) is 0 Å². The van der Waals surface area contributed by atoms with Crippen molar-refractivity contribution in [3.05, 3.63) is 45.4 Å². The lowest BCUT2D eigenvalue weighted by atomic mass is 9.95. The van der Waals surface area contributed by atoms with Gasteiger partial charge in [-0.2, -0.15) is 5.10 Å². The zero-order chi connectivity index (χ0) is 16.7. The largest absolute Gasteiger partial charge is 0.350 e. The van der Waals surface area contributed by atoms with E-state index in [-0.39, 0.29) is 5.91 Å². The predicted octanol–water partition coefficient (Wildman–Crippen LogP) is 2.80. The van der Waals surface area contributed by atoms with Crippen molar-refractivity contribution < 1.29 is 4.79 Å². The number of pyridine rings is 1. The molecule has 0 atom stereocenters. The van der Waals surface area contributed by atoms with E-state index in [2.05, 4.69) is 31.3 Å². The maximum Gasteiger partial charge on any atom is 0.231 e. The summed E-state index contributed by atoms with van der Waals surface area (Å²) >= 11 is 3.45. The Balaban J connectivity index is 1.51. The summed E-state index contributed by atoms with van der Waals surface area (Å²) in [6, 6.07) is 2.01. The number of aromatic nitrogens is 3. The van der Waals surface area contributed by atoms with Crippen LogP contribution in [-0.4, -0.2) is 20.7 Å². The average molecular weight is 389 g/mol. The van der Waals surface area contributed by atoms with Gasteiger partial charge in [-0.3, -0.25) is 14.5 Å². The van der Waals surface area contributed by atoms with E-state index >= 15 is 0 Å². The molecule has 0 bridgehead atoms. The van der Waals surface area contributed by atoms with Crippen molar-refractivity contribution in [1.82, 2.24) is 20.1 Å². The zero-order valence-corrected chi connectivity index (χ0v) is 15.4. The van der Waals surface area contributed by atoms with Gasteiger partial charge in [-0.1, -0.05) is 0 Å². The molecule has 0 aliphatic heterocycles. The van der Waals surface area contributed by atoms with E-state index in [1.165, 1.54) is 24.1 Å². The molecule has 0 radical (unpaired) electrons. The fourth-order valence-corrected chi connectivity index (χ4v) is 4.11. The van der Waals surface area contributed by atoms with E-state index in [1.807, 2.05) is 24.0 Å². The Kier molecular flexibility index (Phi) is 3.95. The zero-order valence-electron chi connectivity index (χ0n) is 13.8. The number of hydrogen-bond donors (Lipinski definition) is 1. The van der Waals surface area contributed by atoms with Crippen LogP contribution >= 0.6 is 15.9 Å². The van der Waals surface area contributed by atoms with Crippen LogP contribution in [-0.2, 0) is 36.6 Å². The Morgan fingerprint density at radius 1 is 1.33 bits per heavy atom. The molecule has 0 aromatic carbocycles. The van der Waals surface area contributed by atoms with Crippen molar-refractivity contribution in [2.24, 2.45) is 7.05 Å². The van der Waals surface area contributed by atoms with Crippen LogP contribution in [0.3, 0.4) is 0 Å². The van der Waals surface area contributed by atoms with E-state index in [4.69, 9.17) is 0 Å². The molecular weight excluding hydrogens is 368 g/mol. The highest BCUT2D eigenvalue weighted by molar-refractivity contribution is 9.10. The molecule has 2 aliphatic carbocycles. The van der Waals surface area contributed by atoms with Gasteiger partial charge in [0.05, 0.1) is 23.3 Å². The van der Waals surface area contributed by atoms with Crippen LogP contribution in [0.25, 0.3) is 0 Å². The number of rotatable bonds is 4. The molecule has 2 aliphatic rings. The molecule has 0 spiro atoms. The molecule has 2 heterocycles. The van der Waals surface area contributed by atoms with Gasteiger partial charge in [-0.25, -0.2) is 0 Å². The topological polar surface area (TPSA) is 59.8 Å². The second-order valence-corrected chi connectivity index (χ2v) is 7.77. The fraction of sp³-hybridized carbons (Fsp3) is 0.500. The Bertz CT molecular complexity index is 794. The minimum absolute atomic E-state index is 0.105. The molecule has 5 nitrogen and oxygen atoms in total. The summed E-state index contributed by atoms with van der Waals surface area (Å²) in [4.78, 5) is 17.0. The normalized spacial score (nSPS) is 18.1. The van der Waals surface area contributed by atoms with Crippen molar-refractivity contribution in [1.29, 1.82) is 0 Å². The van der Waals surface area contributed by atoms with Gasteiger partial charge in [0.25, 0.3) is 0 Å². The van der Waals surface area contributed by atoms with Crippen molar-refractivity contribution in [3.8, 4) is 0 Å². The monoisotopic (exact) mass is 388 g/mol. The van der Waals surface area contributed by atoms with Gasteiger partial charge in [-0.05, 0) is 71.6 Å². The summed E-state index contributed by atoms with van der Waals surface area (Å²) in [6.07, 6.45) is 9.91. The highest BCUT2D eigenvalue weighted by atomic mass is 79.9. The Morgan fingerprint density at radius 3 is 2.88 bits per heavy atom. The van der Waals surface area contributed by atoms with E-state index in [9.17, 15) is 4.79 Å². The van der Waals surface area contributed by atoms with Crippen molar-refractivity contribution >= 4 is 21.8 Å². The summed E-state index contributed by atoms with van der Waals surface area (Å²) < 4.78 is 2.86. The van der Waals surface area contributed by atoms with Crippen LogP contribution < -0.4 is 5.32 Å². The predicted molar refractivity (Wildman–Crippen MR) is 94.5 cm³/mol. The number of hydrogen-bond acceptors (Lipinski definition) is 3. The maximum atomic E-state index is 12.8. The number of carbonyl (C=O) groups excluding carboxylic acids is 1. The van der Waals surface area contributed by atoms with Gasteiger partial charge >= 0.3 is 0 Å². The number of aryl methyl sites for hydroxylation is 2. The number of fused-ring (bicyclic) bond motifs is 1. The summed E-state index contributed by atoms with van der Waals surface area (Å²) in [5, 5.41) is 7.78. The average Bonchev–Trinajstić information content (AvgIpc) is 3.32. The van der Waals surface area contributed by atoms with E-state index in [0.29, 0.717) is 6.54 Å². The van der Waals surface area contributed by atoms with Gasteiger partial charge < -0.3 is 5.32 Å². The Hall–Kier alpha value is -1.69. The third kappa shape index (κ3) is 2.66. The second kappa shape index (κ2) is 5.99. The second-order valence-electron chi connectivity index (χ2n) is 6.86. The molecule has 126 valence electrons. The molecule has 1 amide bonds. The van der Waals surface area contributed by atoms with Gasteiger partial charge in [0.15, 0.2) is 0 Å². The van der Waals surface area contributed by atoms with Crippen molar-refractivity contribution in [2.45, 2.75) is 50.5 Å². The van der Waals surface area contributed by atoms with Gasteiger partial charge in [0, 0.05) is 23.9 Å². The summed E-state index contributed by atoms with van der Waals surface area (Å²) in [7, 11) is 1.98. The number of halogens is 1. The molecule has 6 heteroatoms. The number of amides is 1. The molecular formula is C18H21BrN4O. The smallest absolute Gasteiger partial charge is 0.231 e. The van der Waals surface area contributed by atoms with Crippen LogP contribution in [0.1, 0.15) is 48.2 Å². The molecule has 2 aromatic rings. The SMILES string of the molecule is Cn1nc2c(c1CNC(=O)C1(c3cncc(Br)c3)CC1)CCCC2. The third-order valence-electron chi connectivity index (χ3n) is 5.31. The minimum Gasteiger partial charge on any atom is -0.350 e. The van der Waals surface area contributed by atoms with Crippen molar-refractivity contribution in [2.75, 3.05) is 0 Å². The van der Waals surface area contributed by atoms with E-state index < -0.39 is 5.41 Å². The molecule has 2 aromatic heterocycles. The molecule has 4 rings (SSSR count). The lowest BCUT2D eigenvalue weighted by Gasteiger charge is -2.17. The Labute approximate surface area is 150 Å². The van der Waals surface area contributed by atoms with Crippen LogP contribution in [0.15, 0.2) is 22.9 Å². The number of carbonyl (C=O) groups is 1. The molecule has 24 heavy (non-hydrogen) atoms. The Morgan fingerprint density at radius 2 is 2.12 bits per heavy atom. The first kappa shape index (κ1) is 15.8. The lowest BCUT2D eigenvalue weighted by molar-refractivity contribution is -0.123. The van der Waals surface area contributed by atoms with Crippen LogP contribution in [0.4, 0.5) is 0 Å². The quantitative estimate of drug-likeness (QED) is 0.875. The minimum atomic E-state index is -0.393. The molecule has 0 saturated heterocycles. The number of nitrogens with zero attached hydrogens (tertiary/aromatic N) is 3. The third-order valence-corrected chi connectivity index (χ3v) is 5.74. The van der Waals surface area contributed by atoms with Crippen LogP contribution in [0.2, 0.25) is 0 Å². The summed E-state index contributed by atoms with van der Waals surface area (Å²) in [5.41, 5.74) is 4.32. The fourth-order valence-electron chi connectivity index (χ4n) is 3.75. The molecule has 1 N–H and O–H groups in total. The standard InChI is InChI=1S/C18H21BrN4O/c1-23-16(14-4-2-3-5-15(14)22-23)11-21-17(24)18(6-7-18)12-8-13(19)10-20-9-12/h8-10H,2-7,11H2,1H3,(H,21,24). The molecule has 1 saturated carbocycles. The molecule has 1 fully saturated rings.